The van der Waals surface area contributed by atoms with Crippen LogP contribution in [0.1, 0.15) is 36.0 Å². The highest BCUT2D eigenvalue weighted by Crippen LogP contribution is 2.30. The molecular weight excluding hydrogens is 358 g/mol. The normalized spacial score (nSPS) is 21.8. The third kappa shape index (κ3) is 4.20. The van der Waals surface area contributed by atoms with Gasteiger partial charge in [-0.2, -0.15) is 0 Å². The van der Waals surface area contributed by atoms with E-state index in [2.05, 4.69) is 21.2 Å². The Bertz CT molecular complexity index is 550. The zero-order chi connectivity index (χ0) is 15.4. The topological polar surface area (TPSA) is 66.4 Å². The van der Waals surface area contributed by atoms with Crippen molar-refractivity contribution in [3.05, 3.63) is 33.3 Å². The number of aliphatic carboxylic acids is 1. The van der Waals surface area contributed by atoms with Crippen LogP contribution >= 0.6 is 27.5 Å². The van der Waals surface area contributed by atoms with Gasteiger partial charge in [0.25, 0.3) is 5.91 Å². The van der Waals surface area contributed by atoms with Crippen LogP contribution in [0.4, 0.5) is 0 Å². The van der Waals surface area contributed by atoms with E-state index in [4.69, 9.17) is 11.6 Å². The summed E-state index contributed by atoms with van der Waals surface area (Å²) in [4.78, 5) is 23.3. The van der Waals surface area contributed by atoms with Gasteiger partial charge in [-0.25, -0.2) is 0 Å². The number of halogens is 2. The zero-order valence-corrected chi connectivity index (χ0v) is 13.8. The Morgan fingerprint density at radius 1 is 1.33 bits per heavy atom. The molecule has 1 aromatic rings. The minimum absolute atomic E-state index is 0.0101. The molecule has 1 saturated carbocycles. The number of carbonyl (C=O) groups is 2. The van der Waals surface area contributed by atoms with Crippen LogP contribution in [-0.4, -0.2) is 23.5 Å². The molecular formula is C15H17BrClNO3. The molecule has 0 saturated heterocycles. The molecule has 2 rings (SSSR count). The van der Waals surface area contributed by atoms with Crippen molar-refractivity contribution in [3.8, 4) is 0 Å². The summed E-state index contributed by atoms with van der Waals surface area (Å²) >= 11 is 9.18. The maximum Gasteiger partial charge on any atom is 0.306 e. The van der Waals surface area contributed by atoms with Crippen LogP contribution in [0.25, 0.3) is 0 Å². The standard InChI is InChI=1S/C15H17BrClNO3/c16-12-7-9(5-6-13(12)17)14(19)18-8-10-3-1-2-4-11(10)15(20)21/h5-7,10-11H,1-4,8H2,(H,18,19)(H,20,21). The molecule has 0 aliphatic heterocycles. The van der Waals surface area contributed by atoms with Gasteiger partial charge in [-0.3, -0.25) is 9.59 Å². The molecule has 21 heavy (non-hydrogen) atoms. The number of amides is 1. The average Bonchev–Trinajstić information content (AvgIpc) is 2.47. The van der Waals surface area contributed by atoms with E-state index in [-0.39, 0.29) is 17.7 Å². The predicted molar refractivity (Wildman–Crippen MR) is 84.6 cm³/mol. The molecule has 1 aromatic carbocycles. The Balaban J connectivity index is 1.96. The molecule has 4 nitrogen and oxygen atoms in total. The van der Waals surface area contributed by atoms with Crippen LogP contribution in [0, 0.1) is 11.8 Å². The second kappa shape index (κ2) is 7.27. The Labute approximate surface area is 137 Å². The fourth-order valence-electron chi connectivity index (χ4n) is 2.74. The van der Waals surface area contributed by atoms with Crippen LogP contribution in [0.3, 0.4) is 0 Å². The Hall–Kier alpha value is -1.07. The molecule has 1 fully saturated rings. The van der Waals surface area contributed by atoms with Crippen LogP contribution < -0.4 is 5.32 Å². The van der Waals surface area contributed by atoms with E-state index in [0.29, 0.717) is 28.0 Å². The molecule has 6 heteroatoms. The van der Waals surface area contributed by atoms with Gasteiger partial charge in [-0.1, -0.05) is 24.4 Å². The summed E-state index contributed by atoms with van der Waals surface area (Å²) in [6.07, 6.45) is 3.52. The maximum atomic E-state index is 12.1. The molecule has 0 spiro atoms. The maximum absolute atomic E-state index is 12.1. The van der Waals surface area contributed by atoms with Crippen molar-refractivity contribution in [2.75, 3.05) is 6.54 Å². The molecule has 2 unspecified atom stereocenters. The number of carboxylic acid groups (broad SMARTS) is 1. The number of carbonyl (C=O) groups excluding carboxylic acids is 1. The predicted octanol–water partition coefficient (Wildman–Crippen LogP) is 3.72. The van der Waals surface area contributed by atoms with Gasteiger partial charge < -0.3 is 10.4 Å². The largest absolute Gasteiger partial charge is 0.481 e. The smallest absolute Gasteiger partial charge is 0.306 e. The van der Waals surface area contributed by atoms with Crippen LogP contribution in [0.15, 0.2) is 22.7 Å². The first kappa shape index (κ1) is 16.3. The minimum Gasteiger partial charge on any atom is -0.481 e. The van der Waals surface area contributed by atoms with Gasteiger partial charge in [0, 0.05) is 16.6 Å². The number of rotatable bonds is 4. The van der Waals surface area contributed by atoms with Gasteiger partial charge in [0.05, 0.1) is 10.9 Å². The second-order valence-electron chi connectivity index (χ2n) is 5.33. The zero-order valence-electron chi connectivity index (χ0n) is 11.4. The first-order valence-electron chi connectivity index (χ1n) is 6.95. The summed E-state index contributed by atoms with van der Waals surface area (Å²) in [5.74, 6) is -1.31. The van der Waals surface area contributed by atoms with Crippen molar-refractivity contribution in [1.82, 2.24) is 5.32 Å². The molecule has 0 radical (unpaired) electrons. The van der Waals surface area contributed by atoms with Gasteiger partial charge in [-0.15, -0.1) is 0 Å². The lowest BCUT2D eigenvalue weighted by atomic mass is 9.79. The second-order valence-corrected chi connectivity index (χ2v) is 6.59. The molecule has 1 amide bonds. The highest BCUT2D eigenvalue weighted by atomic mass is 79.9. The van der Waals surface area contributed by atoms with E-state index in [1.54, 1.807) is 18.2 Å². The van der Waals surface area contributed by atoms with Crippen LogP contribution in [0.2, 0.25) is 5.02 Å². The minimum atomic E-state index is -0.761. The molecule has 2 N–H and O–H groups in total. The number of hydrogen-bond acceptors (Lipinski definition) is 2. The summed E-state index contributed by atoms with van der Waals surface area (Å²) < 4.78 is 0.665. The van der Waals surface area contributed by atoms with Crippen molar-refractivity contribution < 1.29 is 14.7 Å². The first-order valence-corrected chi connectivity index (χ1v) is 8.12. The molecule has 1 aliphatic rings. The van der Waals surface area contributed by atoms with E-state index in [1.165, 1.54) is 0 Å². The lowest BCUT2D eigenvalue weighted by Crippen LogP contribution is -2.37. The van der Waals surface area contributed by atoms with Crippen molar-refractivity contribution in [1.29, 1.82) is 0 Å². The van der Waals surface area contributed by atoms with Crippen LogP contribution in [-0.2, 0) is 4.79 Å². The van der Waals surface area contributed by atoms with E-state index in [1.807, 2.05) is 0 Å². The van der Waals surface area contributed by atoms with Crippen molar-refractivity contribution in [3.63, 3.8) is 0 Å². The third-order valence-corrected chi connectivity index (χ3v) is 5.15. The molecule has 0 aromatic heterocycles. The summed E-state index contributed by atoms with van der Waals surface area (Å²) in [5.41, 5.74) is 0.508. The number of benzene rings is 1. The van der Waals surface area contributed by atoms with E-state index in [9.17, 15) is 14.7 Å². The van der Waals surface area contributed by atoms with E-state index >= 15 is 0 Å². The Kier molecular flexibility index (Phi) is 5.65. The highest BCUT2D eigenvalue weighted by Gasteiger charge is 2.30. The fourth-order valence-corrected chi connectivity index (χ4v) is 3.24. The Morgan fingerprint density at radius 3 is 2.71 bits per heavy atom. The lowest BCUT2D eigenvalue weighted by Gasteiger charge is -2.28. The van der Waals surface area contributed by atoms with Crippen molar-refractivity contribution in [2.45, 2.75) is 25.7 Å². The molecule has 0 bridgehead atoms. The number of carboxylic acids is 1. The fraction of sp³-hybridized carbons (Fsp3) is 0.467. The summed E-state index contributed by atoms with van der Waals surface area (Å²) in [6, 6.07) is 4.96. The highest BCUT2D eigenvalue weighted by molar-refractivity contribution is 9.10. The molecule has 1 aliphatic carbocycles. The molecule has 2 atom stereocenters. The summed E-state index contributed by atoms with van der Waals surface area (Å²) in [5, 5.41) is 12.6. The lowest BCUT2D eigenvalue weighted by molar-refractivity contribution is -0.144. The van der Waals surface area contributed by atoms with Gasteiger partial charge in [0.2, 0.25) is 0 Å². The van der Waals surface area contributed by atoms with Gasteiger partial charge >= 0.3 is 5.97 Å². The average molecular weight is 375 g/mol. The van der Waals surface area contributed by atoms with Gasteiger partial charge in [-0.05, 0) is 52.9 Å². The van der Waals surface area contributed by atoms with Gasteiger partial charge in [0.15, 0.2) is 0 Å². The van der Waals surface area contributed by atoms with E-state index in [0.717, 1.165) is 19.3 Å². The molecule has 0 heterocycles. The third-order valence-electron chi connectivity index (χ3n) is 3.93. The SMILES string of the molecule is O=C(NCC1CCCCC1C(=O)O)c1ccc(Cl)c(Br)c1. The summed E-state index contributed by atoms with van der Waals surface area (Å²) in [6.45, 7) is 0.399. The molecule has 114 valence electrons. The van der Waals surface area contributed by atoms with Crippen molar-refractivity contribution >= 4 is 39.4 Å². The van der Waals surface area contributed by atoms with Crippen LogP contribution in [0.5, 0.6) is 0 Å². The van der Waals surface area contributed by atoms with E-state index < -0.39 is 5.97 Å². The monoisotopic (exact) mass is 373 g/mol. The quantitative estimate of drug-likeness (QED) is 0.844. The summed E-state index contributed by atoms with van der Waals surface area (Å²) in [7, 11) is 0. The first-order chi connectivity index (χ1) is 9.99. The van der Waals surface area contributed by atoms with Crippen molar-refractivity contribution in [2.24, 2.45) is 11.8 Å². The number of hydrogen-bond donors (Lipinski definition) is 2. The number of nitrogens with one attached hydrogen (secondary N) is 1. The van der Waals surface area contributed by atoms with Gasteiger partial charge in [0.1, 0.15) is 0 Å². The Morgan fingerprint density at radius 2 is 2.05 bits per heavy atom.